The maximum atomic E-state index is 11.8. The standard InChI is InChI=1S/C17H23N3O2/c1-13(21)19-15-7-9-16(10-8-15)20-17(22)18-12-11-14-5-3-2-4-6-14/h5,7-10H,2-4,6,11-12H2,1H3,(H,19,21)(H2,18,20,22). The van der Waals surface area contributed by atoms with Crippen molar-refractivity contribution in [3.8, 4) is 0 Å². The van der Waals surface area contributed by atoms with Gasteiger partial charge in [-0.05, 0) is 56.4 Å². The molecule has 3 amide bonds. The van der Waals surface area contributed by atoms with Crippen LogP contribution in [-0.2, 0) is 4.79 Å². The normalized spacial score (nSPS) is 14.0. The Morgan fingerprint density at radius 1 is 1.05 bits per heavy atom. The summed E-state index contributed by atoms with van der Waals surface area (Å²) in [5, 5.41) is 8.33. The van der Waals surface area contributed by atoms with Crippen molar-refractivity contribution in [3.05, 3.63) is 35.9 Å². The van der Waals surface area contributed by atoms with Gasteiger partial charge in [-0.2, -0.15) is 0 Å². The highest BCUT2D eigenvalue weighted by atomic mass is 16.2. The molecule has 0 fully saturated rings. The molecule has 1 aromatic rings. The number of nitrogens with one attached hydrogen (secondary N) is 3. The van der Waals surface area contributed by atoms with Crippen LogP contribution in [0.1, 0.15) is 39.0 Å². The molecule has 0 heterocycles. The van der Waals surface area contributed by atoms with Crippen molar-refractivity contribution in [2.75, 3.05) is 17.2 Å². The molecule has 3 N–H and O–H groups in total. The number of urea groups is 1. The molecule has 0 bridgehead atoms. The predicted molar refractivity (Wildman–Crippen MR) is 88.9 cm³/mol. The molecule has 1 aliphatic carbocycles. The zero-order valence-corrected chi connectivity index (χ0v) is 12.9. The summed E-state index contributed by atoms with van der Waals surface area (Å²) in [4.78, 5) is 22.7. The molecular weight excluding hydrogens is 278 g/mol. The third-order valence-corrected chi connectivity index (χ3v) is 3.58. The fourth-order valence-electron chi connectivity index (χ4n) is 2.48. The molecule has 0 saturated carbocycles. The molecule has 0 spiro atoms. The largest absolute Gasteiger partial charge is 0.338 e. The van der Waals surface area contributed by atoms with E-state index in [4.69, 9.17) is 0 Å². The summed E-state index contributed by atoms with van der Waals surface area (Å²) in [5.41, 5.74) is 2.86. The second kappa shape index (κ2) is 8.22. The molecule has 0 aromatic heterocycles. The van der Waals surface area contributed by atoms with E-state index >= 15 is 0 Å². The fourth-order valence-corrected chi connectivity index (χ4v) is 2.48. The van der Waals surface area contributed by atoms with Gasteiger partial charge < -0.3 is 16.0 Å². The molecule has 1 aromatic carbocycles. The van der Waals surface area contributed by atoms with Gasteiger partial charge in [-0.1, -0.05) is 11.6 Å². The van der Waals surface area contributed by atoms with Crippen molar-refractivity contribution in [2.45, 2.75) is 39.0 Å². The number of anilines is 2. The second-order valence-electron chi connectivity index (χ2n) is 5.50. The second-order valence-corrected chi connectivity index (χ2v) is 5.50. The van der Waals surface area contributed by atoms with Crippen molar-refractivity contribution in [2.24, 2.45) is 0 Å². The molecule has 22 heavy (non-hydrogen) atoms. The Labute approximate surface area is 131 Å². The summed E-state index contributed by atoms with van der Waals surface area (Å²) in [6, 6.07) is 6.82. The van der Waals surface area contributed by atoms with Gasteiger partial charge in [0, 0.05) is 24.8 Å². The summed E-state index contributed by atoms with van der Waals surface area (Å²) < 4.78 is 0. The van der Waals surface area contributed by atoms with Crippen molar-refractivity contribution in [1.82, 2.24) is 5.32 Å². The van der Waals surface area contributed by atoms with Crippen LogP contribution in [0.25, 0.3) is 0 Å². The summed E-state index contributed by atoms with van der Waals surface area (Å²) in [7, 11) is 0. The van der Waals surface area contributed by atoms with E-state index in [0.717, 1.165) is 12.8 Å². The van der Waals surface area contributed by atoms with Crippen molar-refractivity contribution < 1.29 is 9.59 Å². The number of carbonyl (C=O) groups excluding carboxylic acids is 2. The maximum Gasteiger partial charge on any atom is 0.319 e. The van der Waals surface area contributed by atoms with Gasteiger partial charge in [-0.25, -0.2) is 4.79 Å². The summed E-state index contributed by atoms with van der Waals surface area (Å²) in [6.07, 6.45) is 8.10. The third kappa shape index (κ3) is 5.60. The smallest absolute Gasteiger partial charge is 0.319 e. The zero-order chi connectivity index (χ0) is 15.8. The lowest BCUT2D eigenvalue weighted by molar-refractivity contribution is -0.114. The van der Waals surface area contributed by atoms with Gasteiger partial charge in [-0.3, -0.25) is 4.79 Å². The highest BCUT2D eigenvalue weighted by Crippen LogP contribution is 2.19. The monoisotopic (exact) mass is 301 g/mol. The van der Waals surface area contributed by atoms with E-state index in [1.54, 1.807) is 24.3 Å². The van der Waals surface area contributed by atoms with Gasteiger partial charge in [0.15, 0.2) is 0 Å². The average molecular weight is 301 g/mol. The van der Waals surface area contributed by atoms with Crippen LogP contribution >= 0.6 is 0 Å². The number of carbonyl (C=O) groups is 2. The Kier molecular flexibility index (Phi) is 6.01. The topological polar surface area (TPSA) is 70.2 Å². The van der Waals surface area contributed by atoms with E-state index in [1.807, 2.05) is 0 Å². The highest BCUT2D eigenvalue weighted by molar-refractivity contribution is 5.91. The molecule has 2 rings (SSSR count). The van der Waals surface area contributed by atoms with Crippen LogP contribution in [0.5, 0.6) is 0 Å². The van der Waals surface area contributed by atoms with Gasteiger partial charge in [0.1, 0.15) is 0 Å². The first-order valence-corrected chi connectivity index (χ1v) is 7.74. The van der Waals surface area contributed by atoms with Crippen molar-refractivity contribution >= 4 is 23.3 Å². The molecule has 0 atom stereocenters. The van der Waals surface area contributed by atoms with Crippen LogP contribution in [0.15, 0.2) is 35.9 Å². The van der Waals surface area contributed by atoms with Crippen LogP contribution < -0.4 is 16.0 Å². The first kappa shape index (κ1) is 16.1. The van der Waals surface area contributed by atoms with E-state index in [9.17, 15) is 9.59 Å². The Bertz CT molecular complexity index is 550. The Morgan fingerprint density at radius 2 is 1.73 bits per heavy atom. The first-order valence-electron chi connectivity index (χ1n) is 7.74. The van der Waals surface area contributed by atoms with Crippen LogP contribution in [0.3, 0.4) is 0 Å². The number of rotatable bonds is 5. The number of allylic oxidation sites excluding steroid dienone is 1. The van der Waals surface area contributed by atoms with E-state index in [0.29, 0.717) is 17.9 Å². The molecule has 0 saturated heterocycles. The van der Waals surface area contributed by atoms with Crippen LogP contribution in [-0.4, -0.2) is 18.5 Å². The third-order valence-electron chi connectivity index (χ3n) is 3.58. The lowest BCUT2D eigenvalue weighted by Gasteiger charge is -2.13. The molecule has 0 aliphatic heterocycles. The molecule has 0 unspecified atom stereocenters. The van der Waals surface area contributed by atoms with Gasteiger partial charge in [-0.15, -0.1) is 0 Å². The lowest BCUT2D eigenvalue weighted by Crippen LogP contribution is -2.29. The first-order chi connectivity index (χ1) is 10.6. The predicted octanol–water partition coefficient (Wildman–Crippen LogP) is 3.66. The summed E-state index contributed by atoms with van der Waals surface area (Å²) >= 11 is 0. The Morgan fingerprint density at radius 3 is 2.32 bits per heavy atom. The van der Waals surface area contributed by atoms with Crippen LogP contribution in [0, 0.1) is 0 Å². The molecule has 0 radical (unpaired) electrons. The Hall–Kier alpha value is -2.30. The van der Waals surface area contributed by atoms with Gasteiger partial charge in [0.2, 0.25) is 5.91 Å². The number of hydrogen-bond donors (Lipinski definition) is 3. The summed E-state index contributed by atoms with van der Waals surface area (Å²) in [5.74, 6) is -0.115. The molecular formula is C17H23N3O2. The molecule has 1 aliphatic rings. The molecule has 5 nitrogen and oxygen atoms in total. The molecule has 5 heteroatoms. The molecule has 118 valence electrons. The van der Waals surface area contributed by atoms with Crippen molar-refractivity contribution in [3.63, 3.8) is 0 Å². The zero-order valence-electron chi connectivity index (χ0n) is 12.9. The quantitative estimate of drug-likeness (QED) is 0.726. The van der Waals surface area contributed by atoms with E-state index in [1.165, 1.54) is 31.8 Å². The minimum atomic E-state index is -0.205. The fraction of sp³-hybridized carbons (Fsp3) is 0.412. The van der Waals surface area contributed by atoms with E-state index in [2.05, 4.69) is 22.0 Å². The van der Waals surface area contributed by atoms with Crippen LogP contribution in [0.2, 0.25) is 0 Å². The van der Waals surface area contributed by atoms with E-state index < -0.39 is 0 Å². The highest BCUT2D eigenvalue weighted by Gasteiger charge is 2.05. The van der Waals surface area contributed by atoms with Crippen LogP contribution in [0.4, 0.5) is 16.2 Å². The van der Waals surface area contributed by atoms with Gasteiger partial charge in [0.25, 0.3) is 0 Å². The minimum Gasteiger partial charge on any atom is -0.338 e. The summed E-state index contributed by atoms with van der Waals surface area (Å²) in [6.45, 7) is 2.11. The SMILES string of the molecule is CC(=O)Nc1ccc(NC(=O)NCCC2=CCCCC2)cc1. The van der Waals surface area contributed by atoms with Gasteiger partial charge >= 0.3 is 6.03 Å². The van der Waals surface area contributed by atoms with E-state index in [-0.39, 0.29) is 11.9 Å². The lowest BCUT2D eigenvalue weighted by atomic mass is 9.97. The average Bonchev–Trinajstić information content (AvgIpc) is 2.50. The van der Waals surface area contributed by atoms with Crippen molar-refractivity contribution in [1.29, 1.82) is 0 Å². The number of amides is 3. The maximum absolute atomic E-state index is 11.8. The number of hydrogen-bond acceptors (Lipinski definition) is 2. The van der Waals surface area contributed by atoms with Gasteiger partial charge in [0.05, 0.1) is 0 Å². The Balaban J connectivity index is 1.72. The number of benzene rings is 1. The minimum absolute atomic E-state index is 0.115.